The minimum Gasteiger partial charge on any atom is -0.508 e. The molecule has 0 radical (unpaired) electrons. The summed E-state index contributed by atoms with van der Waals surface area (Å²) >= 11 is 0. The van der Waals surface area contributed by atoms with Gasteiger partial charge >= 0.3 is 0 Å². The van der Waals surface area contributed by atoms with Crippen LogP contribution in [0.3, 0.4) is 0 Å². The summed E-state index contributed by atoms with van der Waals surface area (Å²) in [4.78, 5) is 23.7. The molecule has 0 aliphatic heterocycles. The highest BCUT2D eigenvalue weighted by Gasteiger charge is 2.07. The summed E-state index contributed by atoms with van der Waals surface area (Å²) in [6.07, 6.45) is 5.43. The Morgan fingerprint density at radius 1 is 0.960 bits per heavy atom. The monoisotopic (exact) mass is 338 g/mol. The number of phenolic OH excluding ortho intramolecular Hbond substituents is 2. The summed E-state index contributed by atoms with van der Waals surface area (Å²) < 4.78 is 5.08. The lowest BCUT2D eigenvalue weighted by Crippen LogP contribution is -2.02. The number of para-hydroxylation sites is 1. The molecule has 0 fully saturated rings. The van der Waals surface area contributed by atoms with E-state index < -0.39 is 0 Å². The van der Waals surface area contributed by atoms with Crippen molar-refractivity contribution in [1.82, 2.24) is 0 Å². The van der Waals surface area contributed by atoms with Gasteiger partial charge in [-0.3, -0.25) is 9.59 Å². The number of rotatable bonds is 7. The zero-order valence-corrected chi connectivity index (χ0v) is 13.7. The van der Waals surface area contributed by atoms with E-state index >= 15 is 0 Å². The quantitative estimate of drug-likeness (QED) is 0.597. The fraction of sp³-hybridized carbons (Fsp3) is 0.100. The Kier molecular flexibility index (Phi) is 6.12. The Labute approximate surface area is 145 Å². The normalized spacial score (nSPS) is 11.1. The molecule has 0 atom stereocenters. The van der Waals surface area contributed by atoms with E-state index in [1.807, 2.05) is 0 Å². The highest BCUT2D eigenvalue weighted by atomic mass is 16.5. The van der Waals surface area contributed by atoms with E-state index in [0.29, 0.717) is 5.56 Å². The van der Waals surface area contributed by atoms with Gasteiger partial charge in [0.2, 0.25) is 0 Å². The molecule has 0 unspecified atom stereocenters. The van der Waals surface area contributed by atoms with Crippen LogP contribution in [0.15, 0.2) is 54.6 Å². The van der Waals surface area contributed by atoms with Gasteiger partial charge in [-0.15, -0.1) is 0 Å². The van der Waals surface area contributed by atoms with Crippen molar-refractivity contribution in [2.24, 2.45) is 0 Å². The lowest BCUT2D eigenvalue weighted by molar-refractivity contribution is -0.121. The van der Waals surface area contributed by atoms with Crippen LogP contribution in [0.4, 0.5) is 0 Å². The lowest BCUT2D eigenvalue weighted by atomic mass is 10.1. The summed E-state index contributed by atoms with van der Waals surface area (Å²) in [6, 6.07) is 11.2. The van der Waals surface area contributed by atoms with Crippen LogP contribution in [0.1, 0.15) is 17.5 Å². The molecule has 2 aromatic carbocycles. The van der Waals surface area contributed by atoms with Gasteiger partial charge < -0.3 is 14.9 Å². The predicted octanol–water partition coefficient (Wildman–Crippen LogP) is 3.36. The molecule has 0 spiro atoms. The fourth-order valence-corrected chi connectivity index (χ4v) is 2.14. The average Bonchev–Trinajstić information content (AvgIpc) is 2.59. The smallest absolute Gasteiger partial charge is 0.167 e. The van der Waals surface area contributed by atoms with Crippen LogP contribution in [-0.4, -0.2) is 28.9 Å². The second-order valence-corrected chi connectivity index (χ2v) is 5.27. The number of hydrogen-bond donors (Lipinski definition) is 2. The number of carbonyl (C=O) groups excluding carboxylic acids is 2. The van der Waals surface area contributed by atoms with Crippen molar-refractivity contribution in [2.75, 3.05) is 7.11 Å². The van der Waals surface area contributed by atoms with Gasteiger partial charge in [0.25, 0.3) is 0 Å². The second-order valence-electron chi connectivity index (χ2n) is 5.27. The maximum Gasteiger partial charge on any atom is 0.167 e. The molecule has 0 aromatic heterocycles. The largest absolute Gasteiger partial charge is 0.508 e. The van der Waals surface area contributed by atoms with Gasteiger partial charge in [0.1, 0.15) is 5.75 Å². The van der Waals surface area contributed by atoms with Crippen molar-refractivity contribution >= 4 is 23.7 Å². The number of benzene rings is 2. The summed E-state index contributed by atoms with van der Waals surface area (Å²) in [6.45, 7) is 0. The Hall–Kier alpha value is -3.34. The third-order valence-corrected chi connectivity index (χ3v) is 3.38. The van der Waals surface area contributed by atoms with Gasteiger partial charge in [0, 0.05) is 5.56 Å². The third kappa shape index (κ3) is 5.35. The first kappa shape index (κ1) is 18.0. The molecule has 0 bridgehead atoms. The molecular weight excluding hydrogens is 320 g/mol. The van der Waals surface area contributed by atoms with Gasteiger partial charge in [0.15, 0.2) is 23.1 Å². The zero-order valence-electron chi connectivity index (χ0n) is 13.7. The molecule has 2 N–H and O–H groups in total. The van der Waals surface area contributed by atoms with E-state index in [2.05, 4.69) is 0 Å². The summed E-state index contributed by atoms with van der Waals surface area (Å²) in [5.74, 6) is -0.294. The van der Waals surface area contributed by atoms with Gasteiger partial charge in [-0.25, -0.2) is 0 Å². The maximum atomic E-state index is 11.9. The standard InChI is InChI=1S/C20H18O5/c1-25-20-15(3-2-4-19(20)24)8-12-18(23)13-17(22)11-7-14-5-9-16(21)10-6-14/h2-12,21,24H,13H2,1H3/b11-7+,12-8+. The van der Waals surface area contributed by atoms with Crippen molar-refractivity contribution in [2.45, 2.75) is 6.42 Å². The number of hydrogen-bond acceptors (Lipinski definition) is 5. The first-order valence-corrected chi connectivity index (χ1v) is 7.56. The molecule has 2 rings (SSSR count). The molecule has 2 aromatic rings. The van der Waals surface area contributed by atoms with Crippen LogP contribution in [-0.2, 0) is 9.59 Å². The molecule has 0 heterocycles. The van der Waals surface area contributed by atoms with Crippen LogP contribution in [0, 0.1) is 0 Å². The Balaban J connectivity index is 1.96. The van der Waals surface area contributed by atoms with Crippen LogP contribution in [0.2, 0.25) is 0 Å². The van der Waals surface area contributed by atoms with Crippen molar-refractivity contribution in [1.29, 1.82) is 0 Å². The van der Waals surface area contributed by atoms with E-state index in [1.165, 1.54) is 43.5 Å². The molecule has 128 valence electrons. The number of ketones is 2. The van der Waals surface area contributed by atoms with Gasteiger partial charge in [0.05, 0.1) is 13.5 Å². The van der Waals surface area contributed by atoms with Crippen molar-refractivity contribution in [3.8, 4) is 17.2 Å². The van der Waals surface area contributed by atoms with E-state index in [4.69, 9.17) is 4.74 Å². The average molecular weight is 338 g/mol. The summed E-state index contributed by atoms with van der Waals surface area (Å²) in [5.41, 5.74) is 1.29. The van der Waals surface area contributed by atoms with Gasteiger partial charge in [-0.1, -0.05) is 30.3 Å². The number of aromatic hydroxyl groups is 2. The van der Waals surface area contributed by atoms with Gasteiger partial charge in [-0.05, 0) is 42.0 Å². The Morgan fingerprint density at radius 3 is 2.24 bits per heavy atom. The predicted molar refractivity (Wildman–Crippen MR) is 95.5 cm³/mol. The Morgan fingerprint density at radius 2 is 1.60 bits per heavy atom. The Bertz CT molecular complexity index is 816. The van der Waals surface area contributed by atoms with E-state index in [0.717, 1.165) is 5.56 Å². The molecule has 0 saturated carbocycles. The minimum atomic E-state index is -0.356. The first-order chi connectivity index (χ1) is 12.0. The molecule has 0 aliphatic carbocycles. The number of allylic oxidation sites excluding steroid dienone is 2. The minimum absolute atomic E-state index is 0.0231. The molecule has 0 saturated heterocycles. The van der Waals surface area contributed by atoms with Crippen LogP contribution >= 0.6 is 0 Å². The highest BCUT2D eigenvalue weighted by Crippen LogP contribution is 2.30. The SMILES string of the molecule is COc1c(O)cccc1/C=C/C(=O)CC(=O)/C=C/c1ccc(O)cc1. The van der Waals surface area contributed by atoms with Crippen LogP contribution in [0.5, 0.6) is 17.2 Å². The summed E-state index contributed by atoms with van der Waals surface area (Å²) in [7, 11) is 1.42. The molecule has 25 heavy (non-hydrogen) atoms. The van der Waals surface area contributed by atoms with E-state index in [9.17, 15) is 19.8 Å². The number of carbonyl (C=O) groups is 2. The first-order valence-electron chi connectivity index (χ1n) is 7.56. The highest BCUT2D eigenvalue weighted by molar-refractivity contribution is 6.11. The number of methoxy groups -OCH3 is 1. The molecule has 5 heteroatoms. The fourth-order valence-electron chi connectivity index (χ4n) is 2.14. The molecule has 0 amide bonds. The second kappa shape index (κ2) is 8.49. The van der Waals surface area contributed by atoms with Crippen molar-refractivity contribution < 1.29 is 24.5 Å². The number of phenols is 2. The van der Waals surface area contributed by atoms with Crippen LogP contribution in [0.25, 0.3) is 12.2 Å². The van der Waals surface area contributed by atoms with Crippen LogP contribution < -0.4 is 4.74 Å². The van der Waals surface area contributed by atoms with Crippen molar-refractivity contribution in [3.05, 3.63) is 65.7 Å². The zero-order chi connectivity index (χ0) is 18.2. The molecule has 5 nitrogen and oxygen atoms in total. The third-order valence-electron chi connectivity index (χ3n) is 3.38. The molecule has 0 aliphatic rings. The lowest BCUT2D eigenvalue weighted by Gasteiger charge is -2.06. The topological polar surface area (TPSA) is 83.8 Å². The maximum absolute atomic E-state index is 11.9. The van der Waals surface area contributed by atoms with E-state index in [1.54, 1.807) is 30.3 Å². The molecular formula is C20H18O5. The number of ether oxygens (including phenoxy) is 1. The summed E-state index contributed by atoms with van der Waals surface area (Å²) in [5, 5.41) is 18.9. The van der Waals surface area contributed by atoms with Crippen molar-refractivity contribution in [3.63, 3.8) is 0 Å². The van der Waals surface area contributed by atoms with E-state index in [-0.39, 0.29) is 35.2 Å². The van der Waals surface area contributed by atoms with Gasteiger partial charge in [-0.2, -0.15) is 0 Å².